The summed E-state index contributed by atoms with van der Waals surface area (Å²) in [5.74, 6) is 0. The third-order valence-corrected chi connectivity index (χ3v) is 4.48. The Bertz CT molecular complexity index is 746. The Morgan fingerprint density at radius 3 is 2.95 bits per heavy atom. The number of aromatic nitrogens is 2. The van der Waals surface area contributed by atoms with Crippen LogP contribution in [0.4, 0.5) is 0 Å². The van der Waals surface area contributed by atoms with Crippen molar-refractivity contribution in [1.29, 1.82) is 0 Å². The molecule has 1 fully saturated rings. The van der Waals surface area contributed by atoms with Gasteiger partial charge in [0.15, 0.2) is 0 Å². The zero-order valence-electron chi connectivity index (χ0n) is 13.4. The van der Waals surface area contributed by atoms with Crippen molar-refractivity contribution in [1.82, 2.24) is 14.3 Å². The molecule has 1 aliphatic heterocycles. The summed E-state index contributed by atoms with van der Waals surface area (Å²) in [5, 5.41) is 10.3. The first-order chi connectivity index (χ1) is 10.4. The predicted octanol–water partition coefficient (Wildman–Crippen LogP) is 1.74. The van der Waals surface area contributed by atoms with Crippen LogP contribution >= 0.6 is 0 Å². The van der Waals surface area contributed by atoms with Gasteiger partial charge in [-0.2, -0.15) is 0 Å². The second-order valence-corrected chi connectivity index (χ2v) is 6.75. The van der Waals surface area contributed by atoms with Crippen molar-refractivity contribution >= 4 is 5.65 Å². The standard InChI is InChI=1S/C17H23N3O2/c1-12-6-4-9-20-15(21)10-13(18-16(12)20)11-19-8-5-7-14(19)17(2,3)22/h4,6,9-10,14,22H,5,7-8,11H2,1-3H3. The lowest BCUT2D eigenvalue weighted by Gasteiger charge is -2.33. The molecule has 5 nitrogen and oxygen atoms in total. The van der Waals surface area contributed by atoms with Gasteiger partial charge in [0.25, 0.3) is 5.56 Å². The molecule has 3 heterocycles. The lowest BCUT2D eigenvalue weighted by Crippen LogP contribution is -2.45. The zero-order valence-corrected chi connectivity index (χ0v) is 13.4. The van der Waals surface area contributed by atoms with Crippen LogP contribution in [0.3, 0.4) is 0 Å². The molecule has 0 spiro atoms. The molecule has 0 saturated carbocycles. The van der Waals surface area contributed by atoms with E-state index in [1.54, 1.807) is 16.7 Å². The summed E-state index contributed by atoms with van der Waals surface area (Å²) in [6.45, 7) is 7.20. The SMILES string of the molecule is Cc1cccn2c(=O)cc(CN3CCCC3C(C)(C)O)nc12. The second-order valence-electron chi connectivity index (χ2n) is 6.75. The molecule has 3 rings (SSSR count). The van der Waals surface area contributed by atoms with Gasteiger partial charge in [-0.3, -0.25) is 14.1 Å². The van der Waals surface area contributed by atoms with Gasteiger partial charge in [-0.25, -0.2) is 4.98 Å². The van der Waals surface area contributed by atoms with Crippen LogP contribution in [0.5, 0.6) is 0 Å². The van der Waals surface area contributed by atoms with Crippen molar-refractivity contribution < 1.29 is 5.11 Å². The first-order valence-electron chi connectivity index (χ1n) is 7.80. The highest BCUT2D eigenvalue weighted by Gasteiger charge is 2.35. The quantitative estimate of drug-likeness (QED) is 0.938. The van der Waals surface area contributed by atoms with Gasteiger partial charge in [0.05, 0.1) is 11.3 Å². The molecule has 0 aromatic carbocycles. The third kappa shape index (κ3) is 2.78. The summed E-state index contributed by atoms with van der Waals surface area (Å²) in [6.07, 6.45) is 3.80. The fourth-order valence-corrected chi connectivity index (χ4v) is 3.41. The minimum absolute atomic E-state index is 0.0531. The Morgan fingerprint density at radius 2 is 2.23 bits per heavy atom. The van der Waals surface area contributed by atoms with Crippen LogP contribution in [-0.2, 0) is 6.54 Å². The molecule has 0 radical (unpaired) electrons. The van der Waals surface area contributed by atoms with Crippen LogP contribution in [0.15, 0.2) is 29.2 Å². The van der Waals surface area contributed by atoms with E-state index in [1.165, 1.54) is 0 Å². The number of hydrogen-bond donors (Lipinski definition) is 1. The van der Waals surface area contributed by atoms with E-state index < -0.39 is 5.60 Å². The molecule has 2 aromatic rings. The largest absolute Gasteiger partial charge is 0.389 e. The molecule has 2 aromatic heterocycles. The molecular weight excluding hydrogens is 278 g/mol. The Labute approximate surface area is 130 Å². The van der Waals surface area contributed by atoms with Gasteiger partial charge in [0.2, 0.25) is 0 Å². The lowest BCUT2D eigenvalue weighted by atomic mass is 9.96. The molecule has 0 bridgehead atoms. The molecule has 1 unspecified atom stereocenters. The molecule has 1 N–H and O–H groups in total. The van der Waals surface area contributed by atoms with Gasteiger partial charge in [-0.05, 0) is 51.8 Å². The fraction of sp³-hybridized carbons (Fsp3) is 0.529. The van der Waals surface area contributed by atoms with Gasteiger partial charge >= 0.3 is 0 Å². The summed E-state index contributed by atoms with van der Waals surface area (Å²) in [4.78, 5) is 19.1. The minimum Gasteiger partial charge on any atom is -0.389 e. The molecule has 5 heteroatoms. The number of aliphatic hydroxyl groups is 1. The Hall–Kier alpha value is -1.72. The van der Waals surface area contributed by atoms with Crippen molar-refractivity contribution in [2.75, 3.05) is 6.54 Å². The van der Waals surface area contributed by atoms with Crippen LogP contribution in [0.1, 0.15) is 37.9 Å². The number of likely N-dealkylation sites (tertiary alicyclic amines) is 1. The van der Waals surface area contributed by atoms with Crippen molar-refractivity contribution in [3.8, 4) is 0 Å². The maximum Gasteiger partial charge on any atom is 0.258 e. The van der Waals surface area contributed by atoms with Gasteiger partial charge in [-0.15, -0.1) is 0 Å². The molecule has 1 saturated heterocycles. The molecule has 0 aliphatic carbocycles. The van der Waals surface area contributed by atoms with Crippen molar-refractivity contribution in [3.63, 3.8) is 0 Å². The molecule has 22 heavy (non-hydrogen) atoms. The van der Waals surface area contributed by atoms with Gasteiger partial charge in [0.1, 0.15) is 5.65 Å². The topological polar surface area (TPSA) is 57.8 Å². The van der Waals surface area contributed by atoms with Gasteiger partial charge in [0, 0.05) is 24.8 Å². The number of nitrogens with zero attached hydrogens (tertiary/aromatic N) is 3. The van der Waals surface area contributed by atoms with E-state index in [4.69, 9.17) is 0 Å². The number of rotatable bonds is 3. The highest BCUT2D eigenvalue weighted by Crippen LogP contribution is 2.27. The Kier molecular flexibility index (Phi) is 3.78. The lowest BCUT2D eigenvalue weighted by molar-refractivity contribution is -0.00535. The van der Waals surface area contributed by atoms with E-state index in [2.05, 4.69) is 9.88 Å². The highest BCUT2D eigenvalue weighted by atomic mass is 16.3. The summed E-state index contributed by atoms with van der Waals surface area (Å²) < 4.78 is 1.58. The summed E-state index contributed by atoms with van der Waals surface area (Å²) >= 11 is 0. The molecule has 0 amide bonds. The minimum atomic E-state index is -0.738. The van der Waals surface area contributed by atoms with Gasteiger partial charge < -0.3 is 5.11 Å². The van der Waals surface area contributed by atoms with E-state index in [0.717, 1.165) is 30.6 Å². The van der Waals surface area contributed by atoms with Crippen molar-refractivity contribution in [2.24, 2.45) is 0 Å². The molecule has 1 atom stereocenters. The molecule has 118 valence electrons. The summed E-state index contributed by atoms with van der Waals surface area (Å²) in [6, 6.07) is 5.54. The van der Waals surface area contributed by atoms with E-state index in [0.29, 0.717) is 12.2 Å². The molecular formula is C17H23N3O2. The van der Waals surface area contributed by atoms with E-state index >= 15 is 0 Å². The number of fused-ring (bicyclic) bond motifs is 1. The first-order valence-corrected chi connectivity index (χ1v) is 7.80. The normalized spacial score (nSPS) is 19.9. The monoisotopic (exact) mass is 301 g/mol. The number of pyridine rings is 1. The zero-order chi connectivity index (χ0) is 15.9. The first kappa shape index (κ1) is 15.2. The Morgan fingerprint density at radius 1 is 1.45 bits per heavy atom. The maximum absolute atomic E-state index is 12.3. The second kappa shape index (κ2) is 5.48. The molecule has 1 aliphatic rings. The fourth-order valence-electron chi connectivity index (χ4n) is 3.41. The van der Waals surface area contributed by atoms with E-state index in [-0.39, 0.29) is 11.6 Å². The predicted molar refractivity (Wildman–Crippen MR) is 85.9 cm³/mol. The van der Waals surface area contributed by atoms with Crippen LogP contribution in [0.2, 0.25) is 0 Å². The van der Waals surface area contributed by atoms with E-state index in [9.17, 15) is 9.90 Å². The van der Waals surface area contributed by atoms with Crippen LogP contribution in [-0.4, -0.2) is 37.6 Å². The van der Waals surface area contributed by atoms with Crippen LogP contribution < -0.4 is 5.56 Å². The average molecular weight is 301 g/mol. The van der Waals surface area contributed by atoms with Crippen LogP contribution in [0, 0.1) is 6.92 Å². The maximum atomic E-state index is 12.3. The third-order valence-electron chi connectivity index (χ3n) is 4.48. The summed E-state index contributed by atoms with van der Waals surface area (Å²) in [5.41, 5.74) is 1.68. The van der Waals surface area contributed by atoms with Crippen molar-refractivity contribution in [3.05, 3.63) is 46.0 Å². The number of aryl methyl sites for hydroxylation is 1. The van der Waals surface area contributed by atoms with Crippen LogP contribution in [0.25, 0.3) is 5.65 Å². The number of hydrogen-bond acceptors (Lipinski definition) is 4. The van der Waals surface area contributed by atoms with Crippen molar-refractivity contribution in [2.45, 2.75) is 51.8 Å². The highest BCUT2D eigenvalue weighted by molar-refractivity contribution is 5.46. The summed E-state index contributed by atoms with van der Waals surface area (Å²) in [7, 11) is 0. The Balaban J connectivity index is 1.95. The smallest absolute Gasteiger partial charge is 0.258 e. The van der Waals surface area contributed by atoms with Gasteiger partial charge in [-0.1, -0.05) is 6.07 Å². The van der Waals surface area contributed by atoms with E-state index in [1.807, 2.05) is 32.9 Å². The average Bonchev–Trinajstić information content (AvgIpc) is 2.88.